The molecule has 0 spiro atoms. The first-order valence-electron chi connectivity index (χ1n) is 15.2. The maximum absolute atomic E-state index is 6.42. The first-order chi connectivity index (χ1) is 20.9. The second-order valence-corrected chi connectivity index (χ2v) is 12.8. The molecule has 44 heavy (non-hydrogen) atoms. The van der Waals surface area contributed by atoms with Gasteiger partial charge in [-0.25, -0.2) is 0 Å². The summed E-state index contributed by atoms with van der Waals surface area (Å²) in [4.78, 5) is 9.78. The maximum Gasteiger partial charge on any atom is 2.00 e. The number of hydrogen-bond acceptors (Lipinski definition) is 3. The Morgan fingerprint density at radius 1 is 0.795 bits per heavy atom. The van der Waals surface area contributed by atoms with Crippen LogP contribution in [0.15, 0.2) is 102 Å². The quantitative estimate of drug-likeness (QED) is 0.169. The molecule has 2 aromatic heterocycles. The maximum atomic E-state index is 6.42. The van der Waals surface area contributed by atoms with Gasteiger partial charge in [0, 0.05) is 11.7 Å². The van der Waals surface area contributed by atoms with E-state index in [-0.39, 0.29) is 38.6 Å². The number of hydrogen-bond donors (Lipinski definition) is 0. The minimum Gasteiger partial charge on any atom is -0.515 e. The van der Waals surface area contributed by atoms with Crippen LogP contribution < -0.4 is 0 Å². The molecule has 2 aliphatic rings. The van der Waals surface area contributed by atoms with Crippen molar-refractivity contribution in [2.75, 3.05) is 0 Å². The normalized spacial score (nSPS) is 17.8. The molecule has 1 saturated carbocycles. The van der Waals surface area contributed by atoms with Gasteiger partial charge in [-0.3, -0.25) is 4.99 Å². The largest absolute Gasteiger partial charge is 2.00 e. The molecule has 0 bridgehead atoms. The zero-order valence-electron chi connectivity index (χ0n) is 25.1. The number of pyridine rings is 1. The van der Waals surface area contributed by atoms with Crippen LogP contribution in [0.25, 0.3) is 49.9 Å². The minimum absolute atomic E-state index is 0. The average molecular weight is 755 g/mol. The van der Waals surface area contributed by atoms with Gasteiger partial charge in [0.1, 0.15) is 12.0 Å². The van der Waals surface area contributed by atoms with Crippen molar-refractivity contribution >= 4 is 27.7 Å². The van der Waals surface area contributed by atoms with Gasteiger partial charge < -0.3 is 14.3 Å². The fourth-order valence-corrected chi connectivity index (χ4v) is 6.57. The number of fused-ring (bicyclic) bond motifs is 4. The number of nitrogens with zero attached hydrogens (tertiary/aromatic N) is 3. The predicted molar refractivity (Wildman–Crippen MR) is 175 cm³/mol. The van der Waals surface area contributed by atoms with Crippen LogP contribution in [0, 0.1) is 12.1 Å². The summed E-state index contributed by atoms with van der Waals surface area (Å²) in [5, 5.41) is 2.33. The van der Waals surface area contributed by atoms with Gasteiger partial charge in [-0.1, -0.05) is 91.9 Å². The summed E-state index contributed by atoms with van der Waals surface area (Å²) >= 11 is 0. The zero-order chi connectivity index (χ0) is 29.1. The Hall–Kier alpha value is -4.01. The number of aliphatic imine (C=N–C) groups is 1. The summed E-state index contributed by atoms with van der Waals surface area (Å²) in [6.07, 6.45) is 5.43. The van der Waals surface area contributed by atoms with E-state index in [4.69, 9.17) is 14.7 Å². The van der Waals surface area contributed by atoms with Crippen molar-refractivity contribution in [3.05, 3.63) is 120 Å². The van der Waals surface area contributed by atoms with Crippen LogP contribution in [0.1, 0.15) is 51.2 Å². The molecule has 0 amide bonds. The number of rotatable bonds is 4. The summed E-state index contributed by atoms with van der Waals surface area (Å²) in [6.45, 7) is 6.70. The van der Waals surface area contributed by atoms with E-state index < -0.39 is 0 Å². The van der Waals surface area contributed by atoms with Crippen LogP contribution in [0.3, 0.4) is 0 Å². The summed E-state index contributed by atoms with van der Waals surface area (Å²) in [5.41, 5.74) is 9.38. The van der Waals surface area contributed by atoms with Crippen molar-refractivity contribution in [2.45, 2.75) is 57.6 Å². The van der Waals surface area contributed by atoms with Crippen molar-refractivity contribution in [1.29, 1.82) is 0 Å². The van der Waals surface area contributed by atoms with Gasteiger partial charge in [-0.15, -0.1) is 42.0 Å². The van der Waals surface area contributed by atoms with Crippen molar-refractivity contribution in [1.82, 2.24) is 9.55 Å². The fraction of sp³-hybridized carbons (Fsp3) is 0.231. The Kier molecular flexibility index (Phi) is 7.29. The number of benzene rings is 4. The number of ether oxygens (including phenoxy) is 1. The van der Waals surface area contributed by atoms with Crippen LogP contribution in [-0.2, 0) is 31.2 Å². The molecule has 3 heterocycles. The second-order valence-electron chi connectivity index (χ2n) is 12.8. The first kappa shape index (κ1) is 28.7. The van der Waals surface area contributed by atoms with E-state index in [0.717, 1.165) is 62.9 Å². The smallest absolute Gasteiger partial charge is 0.515 e. The summed E-state index contributed by atoms with van der Waals surface area (Å²) in [7, 11) is 0. The fourth-order valence-electron chi connectivity index (χ4n) is 6.57. The van der Waals surface area contributed by atoms with Gasteiger partial charge in [0.2, 0.25) is 0 Å². The molecule has 1 fully saturated rings. The third-order valence-corrected chi connectivity index (χ3v) is 8.88. The molecule has 4 aromatic carbocycles. The molecule has 4 nitrogen and oxygen atoms in total. The molecule has 5 heteroatoms. The van der Waals surface area contributed by atoms with E-state index in [1.54, 1.807) is 0 Å². The molecule has 6 aromatic rings. The summed E-state index contributed by atoms with van der Waals surface area (Å²) in [5.74, 6) is 0.711. The van der Waals surface area contributed by atoms with E-state index >= 15 is 0 Å². The standard InChI is InChI=1S/C39H33N3O.Pt/c1-39(2,3)29-18-19-40-34(24-29)26-16-17-32-31-12-7-8-14-35(31)42(36(32)23-26)30-21-27(25-10-5-4-6-11-25)20-28(22-30)38-41-33-13-9-15-37(33)43-38;/h4-8,10-12,14,16-21,24,33,37H,9,13,15H2,1-3H3;/q-2;+2/t33-,37+;/m1./s1. The molecule has 0 radical (unpaired) electrons. The molecule has 0 unspecified atom stereocenters. The van der Waals surface area contributed by atoms with Gasteiger partial charge in [0.05, 0.1) is 6.04 Å². The molecule has 0 saturated heterocycles. The molecular weight excluding hydrogens is 722 g/mol. The minimum atomic E-state index is 0. The van der Waals surface area contributed by atoms with Crippen molar-refractivity contribution in [3.63, 3.8) is 0 Å². The van der Waals surface area contributed by atoms with Crippen molar-refractivity contribution < 1.29 is 25.8 Å². The van der Waals surface area contributed by atoms with Gasteiger partial charge in [-0.2, -0.15) is 0 Å². The topological polar surface area (TPSA) is 39.4 Å². The van der Waals surface area contributed by atoms with Crippen molar-refractivity contribution in [2.24, 2.45) is 4.99 Å². The zero-order valence-corrected chi connectivity index (χ0v) is 27.4. The first-order valence-corrected chi connectivity index (χ1v) is 15.2. The monoisotopic (exact) mass is 754 g/mol. The third-order valence-electron chi connectivity index (χ3n) is 8.88. The van der Waals surface area contributed by atoms with Crippen LogP contribution in [-0.4, -0.2) is 27.6 Å². The number of para-hydroxylation sites is 1. The van der Waals surface area contributed by atoms with Crippen LogP contribution in [0.4, 0.5) is 0 Å². The predicted octanol–water partition coefficient (Wildman–Crippen LogP) is 9.11. The molecule has 8 rings (SSSR count). The molecule has 0 N–H and O–H groups in total. The van der Waals surface area contributed by atoms with Gasteiger partial charge >= 0.3 is 21.1 Å². The Morgan fingerprint density at radius 2 is 1.61 bits per heavy atom. The van der Waals surface area contributed by atoms with Crippen LogP contribution in [0.2, 0.25) is 0 Å². The SMILES string of the molecule is CC(C)(C)c1ccnc(-c2[c-]c3c(cc2)c2ccccc2n3-c2[c-]c(C3=N[C@@H]4CCC[C@@H]4O3)cc(-c3ccccc3)c2)c1.[Pt+2]. The van der Waals surface area contributed by atoms with Gasteiger partial charge in [0.25, 0.3) is 0 Å². The number of aromatic nitrogens is 2. The van der Waals surface area contributed by atoms with Gasteiger partial charge in [0.15, 0.2) is 0 Å². The molecule has 1 aliphatic carbocycles. The van der Waals surface area contributed by atoms with Crippen LogP contribution in [0.5, 0.6) is 0 Å². The Morgan fingerprint density at radius 3 is 2.43 bits per heavy atom. The second kappa shape index (κ2) is 11.2. The Balaban J connectivity index is 0.00000312. The molecule has 220 valence electrons. The summed E-state index contributed by atoms with van der Waals surface area (Å²) in [6, 6.07) is 39.9. The molecule has 1 aliphatic heterocycles. The van der Waals surface area contributed by atoms with E-state index in [0.29, 0.717) is 5.90 Å². The average Bonchev–Trinajstić information content (AvgIpc) is 3.73. The molecular formula is C39H33N3OPt. The summed E-state index contributed by atoms with van der Waals surface area (Å²) < 4.78 is 8.70. The Labute approximate surface area is 273 Å². The van der Waals surface area contributed by atoms with Crippen LogP contribution >= 0.6 is 0 Å². The van der Waals surface area contributed by atoms with Gasteiger partial charge in [-0.05, 0) is 70.2 Å². The third kappa shape index (κ3) is 5.00. The van der Waals surface area contributed by atoms with E-state index in [1.807, 2.05) is 6.20 Å². The van der Waals surface area contributed by atoms with E-state index in [1.165, 1.54) is 17.4 Å². The van der Waals surface area contributed by atoms with E-state index in [2.05, 4.69) is 128 Å². The Bertz CT molecular complexity index is 2040. The van der Waals surface area contributed by atoms with E-state index in [9.17, 15) is 0 Å². The molecule has 2 atom stereocenters. The van der Waals surface area contributed by atoms with Crippen molar-refractivity contribution in [3.8, 4) is 28.1 Å².